The van der Waals surface area contributed by atoms with Gasteiger partial charge in [-0.15, -0.1) is 18.7 Å². The number of rotatable bonds is 20. The third kappa shape index (κ3) is 9.37. The molecule has 3 rings (SSSR count). The van der Waals surface area contributed by atoms with Gasteiger partial charge in [-0.1, -0.05) is 11.6 Å². The van der Waals surface area contributed by atoms with Crippen molar-refractivity contribution in [2.75, 3.05) is 64.1 Å². The van der Waals surface area contributed by atoms with Gasteiger partial charge < -0.3 is 14.6 Å². The third-order valence-corrected chi connectivity index (χ3v) is 12.2. The lowest BCUT2D eigenvalue weighted by Gasteiger charge is -2.37. The molecular weight excluding hydrogens is 672 g/mol. The van der Waals surface area contributed by atoms with Crippen LogP contribution in [0.2, 0.25) is 5.02 Å². The van der Waals surface area contributed by atoms with E-state index in [1.165, 1.54) is 12.3 Å². The van der Waals surface area contributed by atoms with Crippen LogP contribution < -0.4 is 10.3 Å². The summed E-state index contributed by atoms with van der Waals surface area (Å²) in [5.74, 6) is -1.30. The second-order valence-corrected chi connectivity index (χ2v) is 14.7. The summed E-state index contributed by atoms with van der Waals surface area (Å²) in [6, 6.07) is 3.30. The summed E-state index contributed by atoms with van der Waals surface area (Å²) in [6.07, 6.45) is 1.26. The highest BCUT2D eigenvalue weighted by Gasteiger charge is 2.55. The van der Waals surface area contributed by atoms with E-state index in [4.69, 9.17) is 49.8 Å². The van der Waals surface area contributed by atoms with E-state index in [0.717, 1.165) is 0 Å². The van der Waals surface area contributed by atoms with Gasteiger partial charge in [-0.3, -0.25) is 18.8 Å². The van der Waals surface area contributed by atoms with Crippen molar-refractivity contribution in [2.45, 2.75) is 53.0 Å². The number of pyridine rings is 1. The molecule has 1 N–H and O–H groups in total. The maximum atomic E-state index is 14.0. The van der Waals surface area contributed by atoms with Crippen LogP contribution in [0.1, 0.15) is 51.4 Å². The van der Waals surface area contributed by atoms with Crippen LogP contribution in [0.4, 0.5) is 5.69 Å². The van der Waals surface area contributed by atoms with Gasteiger partial charge in [0.2, 0.25) is 5.43 Å². The number of fused-ring (bicyclic) bond motifs is 1. The minimum atomic E-state index is -4.48. The molecule has 1 aromatic carbocycles. The van der Waals surface area contributed by atoms with Crippen LogP contribution in [0, 0.1) is 0 Å². The van der Waals surface area contributed by atoms with Crippen molar-refractivity contribution in [1.29, 1.82) is 0 Å². The first-order chi connectivity index (χ1) is 22.0. The van der Waals surface area contributed by atoms with Crippen molar-refractivity contribution in [3.05, 3.63) is 39.1 Å². The Kier molecular flexibility index (Phi) is 15.1. The number of hydrogen-bond acceptors (Lipinski definition) is 14. The number of benzene rings is 1. The predicted octanol–water partition coefficient (Wildman–Crippen LogP) is 5.47. The van der Waals surface area contributed by atoms with E-state index in [0.29, 0.717) is 49.0 Å². The van der Waals surface area contributed by atoms with Gasteiger partial charge in [-0.2, -0.15) is 0 Å². The summed E-state index contributed by atoms with van der Waals surface area (Å²) in [6.45, 7) is 11.0. The van der Waals surface area contributed by atoms with Gasteiger partial charge in [0.05, 0.1) is 42.7 Å². The van der Waals surface area contributed by atoms with E-state index in [1.54, 1.807) is 38.3 Å². The van der Waals surface area contributed by atoms with Gasteiger partial charge in [-0.25, -0.2) is 24.3 Å². The molecule has 1 saturated heterocycles. The molecule has 0 radical (unpaired) electrons. The highest BCUT2D eigenvalue weighted by molar-refractivity contribution is 7.72. The fourth-order valence-corrected chi connectivity index (χ4v) is 9.23. The van der Waals surface area contributed by atoms with Crippen molar-refractivity contribution in [2.24, 2.45) is 0 Å². The number of halogens is 1. The molecule has 16 nitrogen and oxygen atoms in total. The molecule has 1 fully saturated rings. The summed E-state index contributed by atoms with van der Waals surface area (Å²) < 4.78 is 50.1. The fourth-order valence-electron chi connectivity index (χ4n) is 4.78. The van der Waals surface area contributed by atoms with E-state index in [-0.39, 0.29) is 50.3 Å². The zero-order chi connectivity index (χ0) is 33.9. The van der Waals surface area contributed by atoms with E-state index < -0.39 is 32.0 Å². The predicted molar refractivity (Wildman–Crippen MR) is 169 cm³/mol. The topological polar surface area (TPSA) is 174 Å². The van der Waals surface area contributed by atoms with Crippen LogP contribution >= 0.6 is 26.8 Å². The number of aryl methyl sites for hydroxylation is 1. The van der Waals surface area contributed by atoms with Gasteiger partial charge in [0.15, 0.2) is 5.40 Å². The van der Waals surface area contributed by atoms with E-state index in [2.05, 4.69) is 0 Å². The summed E-state index contributed by atoms with van der Waals surface area (Å²) in [5, 5.41) is 8.45. The average Bonchev–Trinajstić information content (AvgIpc) is 3.05. The number of aromatic carboxylic acids is 1. The number of nitrogens with zero attached hydrogens (tertiary/aromatic N) is 3. The van der Waals surface area contributed by atoms with Gasteiger partial charge in [0.25, 0.3) is 0 Å². The molecule has 1 aromatic heterocycles. The Morgan fingerprint density at radius 2 is 1.37 bits per heavy atom. The van der Waals surface area contributed by atoms with Crippen molar-refractivity contribution in [1.82, 2.24) is 9.47 Å². The van der Waals surface area contributed by atoms with Crippen molar-refractivity contribution >= 4 is 49.4 Å². The Morgan fingerprint density at radius 3 is 1.80 bits per heavy atom. The first-order valence-corrected chi connectivity index (χ1v) is 18.6. The highest BCUT2D eigenvalue weighted by atomic mass is 35.5. The molecule has 2 heterocycles. The second kappa shape index (κ2) is 18.0. The average molecular weight is 714 g/mol. The van der Waals surface area contributed by atoms with Gasteiger partial charge in [0.1, 0.15) is 5.56 Å². The molecule has 0 aliphatic carbocycles. The summed E-state index contributed by atoms with van der Waals surface area (Å²) in [7, 11) is -8.96. The zero-order valence-corrected chi connectivity index (χ0v) is 29.1. The minimum Gasteiger partial charge on any atom is -0.477 e. The smallest absolute Gasteiger partial charge is 0.399 e. The molecule has 0 atom stereocenters. The Bertz CT molecular complexity index is 1410. The first-order valence-electron chi connectivity index (χ1n) is 15.0. The zero-order valence-electron chi connectivity index (χ0n) is 26.5. The number of aromatic nitrogens is 1. The summed E-state index contributed by atoms with van der Waals surface area (Å²) in [5.41, 5.74) is 0.338. The van der Waals surface area contributed by atoms with Gasteiger partial charge in [-0.05, 0) is 59.7 Å². The molecule has 2 aromatic rings. The maximum Gasteiger partial charge on any atom is 0.399 e. The van der Waals surface area contributed by atoms with Crippen molar-refractivity contribution in [3.63, 3.8) is 0 Å². The lowest BCUT2D eigenvalue weighted by atomic mass is 10.1. The Morgan fingerprint density at radius 1 is 0.870 bits per heavy atom. The summed E-state index contributed by atoms with van der Waals surface area (Å²) in [4.78, 5) is 48.4. The molecule has 0 unspecified atom stereocenters. The SMILES string of the molecule is CCOOP(=O)(OOCC)C(CCN1CCN(c2cc3c(cc2Cl)c(=O)c(C(=O)O)cn3CC)CC1)P(=O)(OOCC)OOCC. The van der Waals surface area contributed by atoms with Crippen LogP contribution in [0.5, 0.6) is 0 Å². The lowest BCUT2D eigenvalue weighted by molar-refractivity contribution is -0.272. The van der Waals surface area contributed by atoms with Crippen molar-refractivity contribution in [3.8, 4) is 0 Å². The Hall–Kier alpha value is -1.91. The molecule has 0 bridgehead atoms. The first kappa shape index (κ1) is 38.5. The maximum absolute atomic E-state index is 14.0. The minimum absolute atomic E-state index is 0.00350. The number of carboxylic acid groups (broad SMARTS) is 1. The van der Waals surface area contributed by atoms with E-state index >= 15 is 0 Å². The number of anilines is 1. The molecule has 0 saturated carbocycles. The Balaban J connectivity index is 1.84. The molecule has 260 valence electrons. The number of carboxylic acids is 1. The quantitative estimate of drug-likeness (QED) is 0.104. The standard InChI is InChI=1S/C27H42ClN3O13P2/c1-6-30-19-21(27(33)34)26(32)20-17-22(28)24(18-23(20)30)31-15-13-29(14-16-31)12-11-25(45(35,41-37-7-2)42-38-8-3)46(36,43-39-9-4)44-40-10-5/h17-19,25H,6-16H2,1-5H3,(H,33,34). The fraction of sp³-hybridized carbons (Fsp3) is 0.630. The van der Waals surface area contributed by atoms with E-state index in [1.807, 2.05) is 16.7 Å². The highest BCUT2D eigenvalue weighted by Crippen LogP contribution is 2.72. The van der Waals surface area contributed by atoms with Crippen LogP contribution in [-0.2, 0) is 53.9 Å². The number of carbonyl (C=O) groups is 1. The Labute approximate surface area is 272 Å². The van der Waals surface area contributed by atoms with Gasteiger partial charge in [0, 0.05) is 44.3 Å². The summed E-state index contributed by atoms with van der Waals surface area (Å²) >= 11 is 6.63. The van der Waals surface area contributed by atoms with Crippen LogP contribution in [0.25, 0.3) is 10.9 Å². The molecule has 19 heteroatoms. The molecule has 46 heavy (non-hydrogen) atoms. The lowest BCUT2D eigenvalue weighted by Crippen LogP contribution is -2.47. The third-order valence-electron chi connectivity index (χ3n) is 6.96. The van der Waals surface area contributed by atoms with Crippen molar-refractivity contribution < 1.29 is 57.3 Å². The number of hydrogen-bond donors (Lipinski definition) is 1. The molecule has 1 aliphatic heterocycles. The molecule has 0 amide bonds. The van der Waals surface area contributed by atoms with Crippen LogP contribution in [-0.4, -0.2) is 85.1 Å². The van der Waals surface area contributed by atoms with E-state index in [9.17, 15) is 23.8 Å². The number of piperazine rings is 1. The molecule has 1 aliphatic rings. The monoisotopic (exact) mass is 713 g/mol. The van der Waals surface area contributed by atoms with Crippen LogP contribution in [0.3, 0.4) is 0 Å². The second-order valence-electron chi connectivity index (χ2n) is 9.89. The van der Waals surface area contributed by atoms with Crippen LogP contribution in [0.15, 0.2) is 23.1 Å². The van der Waals surface area contributed by atoms with Gasteiger partial charge >= 0.3 is 21.2 Å². The molecular formula is C27H42ClN3O13P2. The normalized spacial score (nSPS) is 14.9. The largest absolute Gasteiger partial charge is 0.477 e. The molecule has 0 spiro atoms.